The van der Waals surface area contributed by atoms with Crippen LogP contribution in [0.5, 0.6) is 5.75 Å². The van der Waals surface area contributed by atoms with E-state index in [2.05, 4.69) is 10.6 Å². The topological polar surface area (TPSA) is 91.2 Å². The van der Waals surface area contributed by atoms with E-state index in [4.69, 9.17) is 51.1 Å². The second kappa shape index (κ2) is 11.8. The van der Waals surface area contributed by atoms with Gasteiger partial charge in [0.1, 0.15) is 11.6 Å². The predicted octanol–water partition coefficient (Wildman–Crippen LogP) is 6.86. The van der Waals surface area contributed by atoms with Gasteiger partial charge in [-0.25, -0.2) is 0 Å². The molecule has 0 aliphatic carbocycles. The molecule has 0 saturated heterocycles. The van der Waals surface area contributed by atoms with Gasteiger partial charge >= 0.3 is 0 Å². The molecule has 6 nitrogen and oxygen atoms in total. The van der Waals surface area contributed by atoms with Crippen LogP contribution in [-0.2, 0) is 9.59 Å². The van der Waals surface area contributed by atoms with Crippen LogP contribution in [0.2, 0.25) is 20.1 Å². The minimum Gasteiger partial charge on any atom is -0.481 e. The molecule has 10 heteroatoms. The molecular weight excluding hydrogens is 520 g/mol. The zero-order chi connectivity index (χ0) is 24.7. The molecule has 2 N–H and O–H groups in total. The third kappa shape index (κ3) is 6.89. The van der Waals surface area contributed by atoms with E-state index in [1.54, 1.807) is 48.5 Å². The quantitative estimate of drug-likeness (QED) is 0.256. The van der Waals surface area contributed by atoms with Gasteiger partial charge in [0.15, 0.2) is 12.4 Å². The number of nitrogens with one attached hydrogen (secondary N) is 2. The first kappa shape index (κ1) is 25.4. The van der Waals surface area contributed by atoms with E-state index in [1.807, 2.05) is 6.07 Å². The highest BCUT2D eigenvalue weighted by atomic mass is 35.5. The molecule has 0 unspecified atom stereocenters. The first-order valence-electron chi connectivity index (χ1n) is 9.61. The first-order chi connectivity index (χ1) is 16.3. The van der Waals surface area contributed by atoms with Crippen LogP contribution < -0.4 is 15.4 Å². The van der Waals surface area contributed by atoms with E-state index in [1.165, 1.54) is 18.2 Å². The normalized spacial score (nSPS) is 10.9. The van der Waals surface area contributed by atoms with Gasteiger partial charge in [-0.3, -0.25) is 9.59 Å². The SMILES string of the molecule is N#C/C(=C\c1cc(Cl)c(OCC(=O)Nc2ccc(Cl)cc2)c(Cl)c1)C(=O)Nc1ccccc1Cl. The lowest BCUT2D eigenvalue weighted by molar-refractivity contribution is -0.118. The van der Waals surface area contributed by atoms with Crippen LogP contribution in [0, 0.1) is 11.3 Å². The van der Waals surface area contributed by atoms with Crippen molar-refractivity contribution in [2.45, 2.75) is 0 Å². The van der Waals surface area contributed by atoms with Gasteiger partial charge in [0.25, 0.3) is 11.8 Å². The van der Waals surface area contributed by atoms with Crippen LogP contribution in [0.25, 0.3) is 6.08 Å². The van der Waals surface area contributed by atoms with Crippen molar-refractivity contribution in [1.82, 2.24) is 0 Å². The fourth-order valence-corrected chi connectivity index (χ4v) is 3.66. The monoisotopic (exact) mass is 533 g/mol. The number of amides is 2. The molecule has 0 saturated carbocycles. The molecule has 172 valence electrons. The number of carbonyl (C=O) groups excluding carboxylic acids is 2. The average Bonchev–Trinajstić information content (AvgIpc) is 2.80. The van der Waals surface area contributed by atoms with Crippen molar-refractivity contribution >= 4 is 75.7 Å². The standard InChI is InChI=1S/C24H15Cl4N3O3/c25-16-5-7-17(8-6-16)30-22(32)13-34-23-19(27)10-14(11-20(23)28)9-15(12-29)24(33)31-21-4-2-1-3-18(21)26/h1-11H,13H2,(H,30,32)(H,31,33)/b15-9+. The summed E-state index contributed by atoms with van der Waals surface area (Å²) in [6, 6.07) is 18.0. The number of hydrogen-bond acceptors (Lipinski definition) is 4. The number of carbonyl (C=O) groups is 2. The third-order valence-corrected chi connectivity index (χ3v) is 5.44. The zero-order valence-corrected chi connectivity index (χ0v) is 20.3. The summed E-state index contributed by atoms with van der Waals surface area (Å²) in [5.41, 5.74) is 1.11. The molecule has 0 aromatic heterocycles. The van der Waals surface area contributed by atoms with Crippen LogP contribution in [0.15, 0.2) is 66.2 Å². The van der Waals surface area contributed by atoms with E-state index in [0.717, 1.165) is 0 Å². The Bertz CT molecular complexity index is 1280. The summed E-state index contributed by atoms with van der Waals surface area (Å²) in [5.74, 6) is -0.991. The maximum atomic E-state index is 12.5. The third-order valence-electron chi connectivity index (χ3n) is 4.29. The molecule has 3 aromatic rings. The van der Waals surface area contributed by atoms with E-state index < -0.39 is 11.8 Å². The molecule has 0 fully saturated rings. The molecule has 3 aromatic carbocycles. The Morgan fingerprint density at radius 3 is 2.18 bits per heavy atom. The summed E-state index contributed by atoms with van der Waals surface area (Å²) in [6.07, 6.45) is 1.32. The average molecular weight is 535 g/mol. The van der Waals surface area contributed by atoms with Crippen molar-refractivity contribution in [3.63, 3.8) is 0 Å². The highest BCUT2D eigenvalue weighted by Gasteiger charge is 2.15. The Kier molecular flexibility index (Phi) is 8.80. The van der Waals surface area contributed by atoms with Crippen molar-refractivity contribution in [3.8, 4) is 11.8 Å². The second-order valence-corrected chi connectivity index (χ2v) is 8.42. The second-order valence-electron chi connectivity index (χ2n) is 6.76. The fourth-order valence-electron chi connectivity index (χ4n) is 2.74. The Morgan fingerprint density at radius 1 is 0.912 bits per heavy atom. The first-order valence-corrected chi connectivity index (χ1v) is 11.1. The molecule has 0 heterocycles. The fraction of sp³-hybridized carbons (Fsp3) is 0.0417. The molecule has 0 bridgehead atoms. The summed E-state index contributed by atoms with van der Waals surface area (Å²) in [6.45, 7) is -0.346. The van der Waals surface area contributed by atoms with Crippen molar-refractivity contribution in [3.05, 3.63) is 91.9 Å². The lowest BCUT2D eigenvalue weighted by Crippen LogP contribution is -2.20. The van der Waals surface area contributed by atoms with E-state index >= 15 is 0 Å². The number of halogens is 4. The molecule has 0 aliphatic heterocycles. The smallest absolute Gasteiger partial charge is 0.266 e. The summed E-state index contributed by atoms with van der Waals surface area (Å²) in [5, 5.41) is 15.7. The van der Waals surface area contributed by atoms with Crippen molar-refractivity contribution in [1.29, 1.82) is 5.26 Å². The van der Waals surface area contributed by atoms with Gasteiger partial charge in [-0.05, 0) is 60.2 Å². The Balaban J connectivity index is 1.69. The minimum atomic E-state index is -0.651. The zero-order valence-electron chi connectivity index (χ0n) is 17.2. The van der Waals surface area contributed by atoms with Crippen LogP contribution in [-0.4, -0.2) is 18.4 Å². The number of nitriles is 1. The number of ether oxygens (including phenoxy) is 1. The Hall–Kier alpha value is -3.21. The van der Waals surface area contributed by atoms with Crippen LogP contribution in [0.3, 0.4) is 0 Å². The number of rotatable bonds is 7. The van der Waals surface area contributed by atoms with Crippen molar-refractivity contribution in [2.24, 2.45) is 0 Å². The van der Waals surface area contributed by atoms with Gasteiger partial charge in [-0.2, -0.15) is 5.26 Å². The van der Waals surface area contributed by atoms with Crippen LogP contribution in [0.4, 0.5) is 11.4 Å². The lowest BCUT2D eigenvalue weighted by Gasteiger charge is -2.11. The van der Waals surface area contributed by atoms with Gasteiger partial charge in [-0.1, -0.05) is 58.5 Å². The van der Waals surface area contributed by atoms with Gasteiger partial charge in [0.2, 0.25) is 0 Å². The number of hydrogen-bond donors (Lipinski definition) is 2. The maximum Gasteiger partial charge on any atom is 0.266 e. The largest absolute Gasteiger partial charge is 0.481 e. The van der Waals surface area contributed by atoms with Gasteiger partial charge in [-0.15, -0.1) is 0 Å². The molecule has 3 rings (SSSR count). The maximum absolute atomic E-state index is 12.5. The summed E-state index contributed by atoms with van der Waals surface area (Å²) in [7, 11) is 0. The van der Waals surface area contributed by atoms with E-state index in [0.29, 0.717) is 27.0 Å². The van der Waals surface area contributed by atoms with Gasteiger partial charge in [0, 0.05) is 10.7 Å². The summed E-state index contributed by atoms with van der Waals surface area (Å²) in [4.78, 5) is 24.6. The van der Waals surface area contributed by atoms with E-state index in [9.17, 15) is 14.9 Å². The summed E-state index contributed by atoms with van der Waals surface area (Å²) >= 11 is 24.4. The van der Waals surface area contributed by atoms with Gasteiger partial charge < -0.3 is 15.4 Å². The van der Waals surface area contributed by atoms with Crippen LogP contribution in [0.1, 0.15) is 5.56 Å². The van der Waals surface area contributed by atoms with E-state index in [-0.39, 0.29) is 28.0 Å². The minimum absolute atomic E-state index is 0.0887. The molecule has 0 aliphatic rings. The van der Waals surface area contributed by atoms with Crippen molar-refractivity contribution in [2.75, 3.05) is 17.2 Å². The summed E-state index contributed by atoms with van der Waals surface area (Å²) < 4.78 is 5.47. The van der Waals surface area contributed by atoms with Crippen molar-refractivity contribution < 1.29 is 14.3 Å². The Morgan fingerprint density at radius 2 is 1.56 bits per heavy atom. The highest BCUT2D eigenvalue weighted by Crippen LogP contribution is 2.35. The number of benzene rings is 3. The Labute approximate surface area is 215 Å². The van der Waals surface area contributed by atoms with Crippen LogP contribution >= 0.6 is 46.4 Å². The van der Waals surface area contributed by atoms with Gasteiger partial charge in [0.05, 0.1) is 20.8 Å². The molecule has 34 heavy (non-hydrogen) atoms. The number of anilines is 2. The molecule has 0 atom stereocenters. The lowest BCUT2D eigenvalue weighted by atomic mass is 10.1. The number of nitrogens with zero attached hydrogens (tertiary/aromatic N) is 1. The molecule has 2 amide bonds. The predicted molar refractivity (Wildman–Crippen MR) is 136 cm³/mol. The molecular formula is C24H15Cl4N3O3. The molecule has 0 spiro atoms. The number of para-hydroxylation sites is 1. The molecule has 0 radical (unpaired) electrons. The highest BCUT2D eigenvalue weighted by molar-refractivity contribution is 6.37.